The molecule has 0 radical (unpaired) electrons. The number of aliphatic carboxylic acids is 1. The highest BCUT2D eigenvalue weighted by molar-refractivity contribution is 5.75. The van der Waals surface area contributed by atoms with E-state index in [0.29, 0.717) is 12.1 Å². The van der Waals surface area contributed by atoms with Gasteiger partial charge in [-0.2, -0.15) is 0 Å². The van der Waals surface area contributed by atoms with E-state index in [1.54, 1.807) is 7.11 Å². The molecule has 1 aliphatic heterocycles. The van der Waals surface area contributed by atoms with Gasteiger partial charge in [0, 0.05) is 19.7 Å². The molecule has 3 unspecified atom stereocenters. The van der Waals surface area contributed by atoms with Gasteiger partial charge in [0.05, 0.1) is 11.5 Å². The molecule has 2 aliphatic rings. The molecular weight excluding hydrogens is 254 g/mol. The van der Waals surface area contributed by atoms with Crippen LogP contribution < -0.4 is 0 Å². The summed E-state index contributed by atoms with van der Waals surface area (Å²) in [6, 6.07) is 0.518. The molecule has 0 aromatic heterocycles. The molecule has 1 heterocycles. The summed E-state index contributed by atoms with van der Waals surface area (Å²) in [7, 11) is 1.79. The predicted molar refractivity (Wildman–Crippen MR) is 78.8 cm³/mol. The lowest BCUT2D eigenvalue weighted by atomic mass is 9.75. The Morgan fingerprint density at radius 3 is 2.85 bits per heavy atom. The molecule has 0 spiro atoms. The molecule has 2 rings (SSSR count). The van der Waals surface area contributed by atoms with Crippen molar-refractivity contribution in [3.05, 3.63) is 0 Å². The number of likely N-dealkylation sites (tertiary alicyclic amines) is 1. The molecule has 4 nitrogen and oxygen atoms in total. The van der Waals surface area contributed by atoms with E-state index in [1.807, 2.05) is 0 Å². The van der Waals surface area contributed by atoms with E-state index >= 15 is 0 Å². The van der Waals surface area contributed by atoms with Crippen LogP contribution in [-0.2, 0) is 9.53 Å². The van der Waals surface area contributed by atoms with E-state index in [2.05, 4.69) is 11.8 Å². The van der Waals surface area contributed by atoms with Gasteiger partial charge in [0.1, 0.15) is 0 Å². The van der Waals surface area contributed by atoms with Crippen molar-refractivity contribution < 1.29 is 14.6 Å². The van der Waals surface area contributed by atoms with Crippen LogP contribution in [0.25, 0.3) is 0 Å². The second-order valence-electron chi connectivity index (χ2n) is 6.59. The first-order chi connectivity index (χ1) is 9.61. The molecule has 0 aromatic rings. The van der Waals surface area contributed by atoms with Gasteiger partial charge in [-0.25, -0.2) is 0 Å². The lowest BCUT2D eigenvalue weighted by Crippen LogP contribution is -2.52. The fourth-order valence-corrected chi connectivity index (χ4v) is 4.11. The normalized spacial score (nSPS) is 35.9. The van der Waals surface area contributed by atoms with Crippen molar-refractivity contribution in [1.29, 1.82) is 0 Å². The van der Waals surface area contributed by atoms with E-state index in [-0.39, 0.29) is 0 Å². The number of carboxylic acids is 1. The van der Waals surface area contributed by atoms with Crippen LogP contribution in [0.4, 0.5) is 0 Å². The van der Waals surface area contributed by atoms with Crippen molar-refractivity contribution in [1.82, 2.24) is 4.90 Å². The maximum Gasteiger partial charge on any atom is 0.310 e. The summed E-state index contributed by atoms with van der Waals surface area (Å²) in [5.41, 5.74) is -0.507. The van der Waals surface area contributed by atoms with Crippen molar-refractivity contribution in [2.45, 2.75) is 70.4 Å². The van der Waals surface area contributed by atoms with E-state index < -0.39 is 11.4 Å². The Balaban J connectivity index is 2.03. The lowest BCUT2D eigenvalue weighted by Gasteiger charge is -2.45. The standard InChI is InChI=1S/C16H29NO3/c1-3-8-16(15(18)19)9-5-10-17(12-16)13-6-4-7-14(11-13)20-2/h13-14H,3-12H2,1-2H3,(H,18,19). The largest absolute Gasteiger partial charge is 0.481 e. The van der Waals surface area contributed by atoms with Gasteiger partial charge in [-0.1, -0.05) is 13.3 Å². The third-order valence-corrected chi connectivity index (χ3v) is 5.24. The Hall–Kier alpha value is -0.610. The number of ether oxygens (including phenoxy) is 1. The van der Waals surface area contributed by atoms with Gasteiger partial charge in [0.25, 0.3) is 0 Å². The van der Waals surface area contributed by atoms with Gasteiger partial charge >= 0.3 is 5.97 Å². The number of nitrogens with zero attached hydrogens (tertiary/aromatic N) is 1. The summed E-state index contributed by atoms with van der Waals surface area (Å²) >= 11 is 0. The maximum atomic E-state index is 11.8. The molecule has 4 heteroatoms. The molecule has 1 saturated carbocycles. The Morgan fingerprint density at radius 1 is 1.40 bits per heavy atom. The quantitative estimate of drug-likeness (QED) is 0.843. The Labute approximate surface area is 122 Å². The number of piperidine rings is 1. The lowest BCUT2D eigenvalue weighted by molar-refractivity contribution is -0.154. The zero-order valence-electron chi connectivity index (χ0n) is 12.9. The highest BCUT2D eigenvalue weighted by Crippen LogP contribution is 2.38. The monoisotopic (exact) mass is 283 g/mol. The number of carboxylic acid groups (broad SMARTS) is 1. The molecule has 0 amide bonds. The molecule has 1 aliphatic carbocycles. The predicted octanol–water partition coefficient (Wildman–Crippen LogP) is 2.91. The molecule has 0 aromatic carbocycles. The molecule has 1 saturated heterocycles. The first-order valence-electron chi connectivity index (χ1n) is 8.11. The summed E-state index contributed by atoms with van der Waals surface area (Å²) < 4.78 is 5.52. The van der Waals surface area contributed by atoms with Crippen LogP contribution in [0.2, 0.25) is 0 Å². The second-order valence-corrected chi connectivity index (χ2v) is 6.59. The summed E-state index contributed by atoms with van der Waals surface area (Å²) in [6.45, 7) is 3.88. The SMILES string of the molecule is CCCC1(C(=O)O)CCCN(C2CCCC(OC)C2)C1. The van der Waals surface area contributed by atoms with Crippen molar-refractivity contribution >= 4 is 5.97 Å². The number of carbonyl (C=O) groups is 1. The van der Waals surface area contributed by atoms with Gasteiger partial charge in [0.2, 0.25) is 0 Å². The molecular formula is C16H29NO3. The van der Waals surface area contributed by atoms with Crippen LogP contribution in [0.3, 0.4) is 0 Å². The van der Waals surface area contributed by atoms with Crippen LogP contribution in [0.15, 0.2) is 0 Å². The number of methoxy groups -OCH3 is 1. The van der Waals surface area contributed by atoms with Crippen LogP contribution in [0, 0.1) is 5.41 Å². The van der Waals surface area contributed by atoms with Gasteiger partial charge in [-0.15, -0.1) is 0 Å². The zero-order valence-corrected chi connectivity index (χ0v) is 12.9. The summed E-state index contributed by atoms with van der Waals surface area (Å²) in [6.07, 6.45) is 8.59. The van der Waals surface area contributed by atoms with Gasteiger partial charge in [-0.3, -0.25) is 9.69 Å². The fraction of sp³-hybridized carbons (Fsp3) is 0.938. The Bertz CT molecular complexity index is 330. The second kappa shape index (κ2) is 6.90. The molecule has 20 heavy (non-hydrogen) atoms. The van der Waals surface area contributed by atoms with Crippen molar-refractivity contribution in [3.63, 3.8) is 0 Å². The third-order valence-electron chi connectivity index (χ3n) is 5.24. The number of hydrogen-bond donors (Lipinski definition) is 1. The molecule has 0 bridgehead atoms. The minimum Gasteiger partial charge on any atom is -0.481 e. The average Bonchev–Trinajstić information content (AvgIpc) is 2.48. The summed E-state index contributed by atoms with van der Waals surface area (Å²) in [5, 5.41) is 9.68. The van der Waals surface area contributed by atoms with Gasteiger partial charge in [-0.05, 0) is 51.5 Å². The van der Waals surface area contributed by atoms with Gasteiger partial charge < -0.3 is 9.84 Å². The van der Waals surface area contributed by atoms with Crippen molar-refractivity contribution in [3.8, 4) is 0 Å². The number of hydrogen-bond acceptors (Lipinski definition) is 3. The zero-order chi connectivity index (χ0) is 14.6. The topological polar surface area (TPSA) is 49.8 Å². The van der Waals surface area contributed by atoms with Crippen LogP contribution >= 0.6 is 0 Å². The van der Waals surface area contributed by atoms with E-state index in [4.69, 9.17) is 4.74 Å². The van der Waals surface area contributed by atoms with Crippen LogP contribution in [0.5, 0.6) is 0 Å². The van der Waals surface area contributed by atoms with Crippen LogP contribution in [0.1, 0.15) is 58.3 Å². The number of rotatable bonds is 5. The van der Waals surface area contributed by atoms with Gasteiger partial charge in [0.15, 0.2) is 0 Å². The smallest absolute Gasteiger partial charge is 0.310 e. The Morgan fingerprint density at radius 2 is 2.20 bits per heavy atom. The highest BCUT2D eigenvalue weighted by Gasteiger charge is 2.43. The molecule has 116 valence electrons. The van der Waals surface area contributed by atoms with E-state index in [9.17, 15) is 9.90 Å². The van der Waals surface area contributed by atoms with E-state index in [0.717, 1.165) is 51.6 Å². The minimum absolute atomic E-state index is 0.362. The third kappa shape index (κ3) is 3.34. The summed E-state index contributed by atoms with van der Waals surface area (Å²) in [5.74, 6) is -0.594. The molecule has 2 fully saturated rings. The molecule has 1 N–H and O–H groups in total. The Kier molecular flexibility index (Phi) is 5.44. The van der Waals surface area contributed by atoms with Crippen molar-refractivity contribution in [2.75, 3.05) is 20.2 Å². The minimum atomic E-state index is -0.594. The highest BCUT2D eigenvalue weighted by atomic mass is 16.5. The summed E-state index contributed by atoms with van der Waals surface area (Å²) in [4.78, 5) is 14.2. The molecule has 3 atom stereocenters. The van der Waals surface area contributed by atoms with Crippen LogP contribution in [-0.4, -0.2) is 48.3 Å². The first kappa shape index (κ1) is 15.8. The fourth-order valence-electron chi connectivity index (χ4n) is 4.11. The van der Waals surface area contributed by atoms with E-state index in [1.165, 1.54) is 12.8 Å². The first-order valence-corrected chi connectivity index (χ1v) is 8.11. The average molecular weight is 283 g/mol. The van der Waals surface area contributed by atoms with Crippen molar-refractivity contribution in [2.24, 2.45) is 5.41 Å². The maximum absolute atomic E-state index is 11.8.